The summed E-state index contributed by atoms with van der Waals surface area (Å²) >= 11 is 0. The minimum atomic E-state index is 0.168. The van der Waals surface area contributed by atoms with Crippen LogP contribution in [0.15, 0.2) is 98.1 Å². The van der Waals surface area contributed by atoms with Crippen LogP contribution >= 0.6 is 0 Å². The highest BCUT2D eigenvalue weighted by Gasteiger charge is 2.19. The first-order valence-electron chi connectivity index (χ1n) is 9.21. The summed E-state index contributed by atoms with van der Waals surface area (Å²) in [6.45, 7) is 0. The van der Waals surface area contributed by atoms with Gasteiger partial charge in [-0.3, -0.25) is 19.9 Å². The molecule has 0 spiro atoms. The Hall–Kier alpha value is -3.66. The van der Waals surface area contributed by atoms with Gasteiger partial charge in [0.2, 0.25) is 0 Å². The quantitative estimate of drug-likeness (QED) is 0.491. The minimum Gasteiger partial charge on any atom is -0.265 e. The fraction of sp³-hybridized carbons (Fsp3) is 0.0833. The molecule has 1 unspecified atom stereocenters. The minimum absolute atomic E-state index is 0.168. The van der Waals surface area contributed by atoms with Crippen LogP contribution in [0.3, 0.4) is 0 Å². The highest BCUT2D eigenvalue weighted by molar-refractivity contribution is 5.85. The lowest BCUT2D eigenvalue weighted by Crippen LogP contribution is -2.07. The van der Waals surface area contributed by atoms with Crippen LogP contribution in [0.5, 0.6) is 0 Å². The van der Waals surface area contributed by atoms with Gasteiger partial charge < -0.3 is 0 Å². The summed E-state index contributed by atoms with van der Waals surface area (Å²) in [5.41, 5.74) is 5.98. The second-order valence-electron chi connectivity index (χ2n) is 6.51. The van der Waals surface area contributed by atoms with E-state index in [4.69, 9.17) is 0 Å². The smallest absolute Gasteiger partial charge is 0.0273 e. The van der Waals surface area contributed by atoms with E-state index in [1.54, 1.807) is 0 Å². The molecule has 28 heavy (non-hydrogen) atoms. The molecular formula is C24H20N4. The molecule has 0 saturated heterocycles. The molecule has 4 aromatic heterocycles. The summed E-state index contributed by atoms with van der Waals surface area (Å²) in [6.07, 6.45) is 17.8. The molecule has 4 heteroatoms. The maximum Gasteiger partial charge on any atom is 0.0273 e. The van der Waals surface area contributed by atoms with Crippen molar-refractivity contribution in [3.8, 4) is 0 Å². The van der Waals surface area contributed by atoms with Gasteiger partial charge in [-0.15, -0.1) is 0 Å². The van der Waals surface area contributed by atoms with Crippen LogP contribution in [0.4, 0.5) is 0 Å². The second-order valence-corrected chi connectivity index (χ2v) is 6.51. The Labute approximate surface area is 164 Å². The zero-order valence-corrected chi connectivity index (χ0v) is 15.4. The van der Waals surface area contributed by atoms with Crippen molar-refractivity contribution in [3.05, 3.63) is 120 Å². The summed E-state index contributed by atoms with van der Waals surface area (Å²) in [5, 5.41) is 0. The first kappa shape index (κ1) is 17.7. The summed E-state index contributed by atoms with van der Waals surface area (Å²) in [7, 11) is 0. The normalized spacial score (nSPS) is 12.5. The molecule has 0 aliphatic heterocycles. The van der Waals surface area contributed by atoms with Crippen molar-refractivity contribution < 1.29 is 0 Å². The lowest BCUT2D eigenvalue weighted by Gasteiger charge is -2.22. The summed E-state index contributed by atoms with van der Waals surface area (Å²) in [6, 6.07) is 16.5. The van der Waals surface area contributed by atoms with Gasteiger partial charge in [-0.2, -0.15) is 0 Å². The van der Waals surface area contributed by atoms with Gasteiger partial charge in [0.15, 0.2) is 0 Å². The van der Waals surface area contributed by atoms with Gasteiger partial charge in [-0.05, 0) is 82.8 Å². The van der Waals surface area contributed by atoms with Crippen LogP contribution in [0.25, 0.3) is 11.6 Å². The van der Waals surface area contributed by atoms with E-state index in [1.807, 2.05) is 61.7 Å². The summed E-state index contributed by atoms with van der Waals surface area (Å²) in [5.74, 6) is 0.168. The molecule has 0 saturated carbocycles. The second kappa shape index (κ2) is 8.82. The largest absolute Gasteiger partial charge is 0.265 e. The van der Waals surface area contributed by atoms with Gasteiger partial charge in [0.05, 0.1) is 0 Å². The summed E-state index contributed by atoms with van der Waals surface area (Å²) < 4.78 is 0. The number of nitrogens with zero attached hydrogens (tertiary/aromatic N) is 4. The number of allylic oxidation sites excluding steroid dienone is 1. The molecule has 0 aliphatic carbocycles. The monoisotopic (exact) mass is 364 g/mol. The number of aromatic nitrogens is 4. The zero-order valence-electron chi connectivity index (χ0n) is 15.4. The van der Waals surface area contributed by atoms with Crippen LogP contribution < -0.4 is 0 Å². The van der Waals surface area contributed by atoms with E-state index in [0.29, 0.717) is 0 Å². The Morgan fingerprint density at radius 3 is 1.75 bits per heavy atom. The molecule has 4 heterocycles. The Morgan fingerprint density at radius 1 is 0.643 bits per heavy atom. The van der Waals surface area contributed by atoms with Gasteiger partial charge in [-0.1, -0.05) is 6.08 Å². The highest BCUT2D eigenvalue weighted by atomic mass is 14.6. The number of hydrogen-bond acceptors (Lipinski definition) is 4. The molecule has 0 aromatic carbocycles. The molecule has 4 nitrogen and oxygen atoms in total. The van der Waals surface area contributed by atoms with E-state index in [0.717, 1.165) is 17.5 Å². The van der Waals surface area contributed by atoms with Crippen molar-refractivity contribution in [2.45, 2.75) is 12.3 Å². The van der Waals surface area contributed by atoms with Crippen LogP contribution in [-0.4, -0.2) is 19.9 Å². The van der Waals surface area contributed by atoms with E-state index < -0.39 is 0 Å². The zero-order chi connectivity index (χ0) is 19.0. The van der Waals surface area contributed by atoms with Gasteiger partial charge in [-0.25, -0.2) is 0 Å². The number of rotatable bonds is 6. The average molecular weight is 364 g/mol. The van der Waals surface area contributed by atoms with Gasteiger partial charge in [0.1, 0.15) is 0 Å². The number of hydrogen-bond donors (Lipinski definition) is 0. The molecule has 0 aliphatic rings. The lowest BCUT2D eigenvalue weighted by atomic mass is 9.82. The van der Waals surface area contributed by atoms with Gasteiger partial charge >= 0.3 is 0 Å². The first-order chi connectivity index (χ1) is 13.9. The SMILES string of the molecule is C(=C(c1ccncc1)C(Cc1ccncc1)c1ccncc1)c1ccncc1. The van der Waals surface area contributed by atoms with E-state index in [2.05, 4.69) is 62.4 Å². The molecule has 0 fully saturated rings. The molecular weight excluding hydrogens is 344 g/mol. The molecule has 0 amide bonds. The average Bonchev–Trinajstić information content (AvgIpc) is 2.79. The standard InChI is InChI=1S/C24H20N4/c1-9-25-10-2-19(1)17-23(21-5-13-27-14-6-21)24(22-7-15-28-16-8-22)18-20-3-11-26-12-4-20/h1-17,24H,18H2. The van der Waals surface area contributed by atoms with E-state index in [9.17, 15) is 0 Å². The fourth-order valence-corrected chi connectivity index (χ4v) is 3.33. The van der Waals surface area contributed by atoms with Gasteiger partial charge in [0.25, 0.3) is 0 Å². The van der Waals surface area contributed by atoms with Crippen LogP contribution in [0.2, 0.25) is 0 Å². The maximum atomic E-state index is 4.20. The van der Waals surface area contributed by atoms with Crippen molar-refractivity contribution in [1.82, 2.24) is 19.9 Å². The Bertz CT molecular complexity index is 1020. The fourth-order valence-electron chi connectivity index (χ4n) is 3.33. The molecule has 4 rings (SSSR count). The lowest BCUT2D eigenvalue weighted by molar-refractivity contribution is 0.851. The molecule has 0 radical (unpaired) electrons. The van der Waals surface area contributed by atoms with E-state index in [1.165, 1.54) is 16.7 Å². The van der Waals surface area contributed by atoms with Crippen LogP contribution in [0, 0.1) is 0 Å². The third-order valence-corrected chi connectivity index (χ3v) is 4.71. The molecule has 4 aromatic rings. The molecule has 1 atom stereocenters. The molecule has 0 N–H and O–H groups in total. The van der Waals surface area contributed by atoms with Crippen molar-refractivity contribution in [2.75, 3.05) is 0 Å². The van der Waals surface area contributed by atoms with Gasteiger partial charge in [0, 0.05) is 55.5 Å². The van der Waals surface area contributed by atoms with Crippen molar-refractivity contribution in [2.24, 2.45) is 0 Å². The Balaban J connectivity index is 1.84. The maximum absolute atomic E-state index is 4.20. The number of pyridine rings is 4. The van der Waals surface area contributed by atoms with Crippen molar-refractivity contribution in [1.29, 1.82) is 0 Å². The predicted octanol–water partition coefficient (Wildman–Crippen LogP) is 4.83. The van der Waals surface area contributed by atoms with Crippen LogP contribution in [-0.2, 0) is 6.42 Å². The molecule has 136 valence electrons. The predicted molar refractivity (Wildman–Crippen MR) is 111 cm³/mol. The van der Waals surface area contributed by atoms with E-state index >= 15 is 0 Å². The first-order valence-corrected chi connectivity index (χ1v) is 9.21. The Kier molecular flexibility index (Phi) is 5.59. The van der Waals surface area contributed by atoms with Crippen molar-refractivity contribution in [3.63, 3.8) is 0 Å². The van der Waals surface area contributed by atoms with Crippen molar-refractivity contribution >= 4 is 11.6 Å². The topological polar surface area (TPSA) is 51.6 Å². The Morgan fingerprint density at radius 2 is 1.14 bits per heavy atom. The third-order valence-electron chi connectivity index (χ3n) is 4.71. The third kappa shape index (κ3) is 4.35. The highest BCUT2D eigenvalue weighted by Crippen LogP contribution is 2.36. The molecule has 0 bridgehead atoms. The van der Waals surface area contributed by atoms with Crippen LogP contribution in [0.1, 0.15) is 28.2 Å². The summed E-state index contributed by atoms with van der Waals surface area (Å²) in [4.78, 5) is 16.7. The van der Waals surface area contributed by atoms with E-state index in [-0.39, 0.29) is 5.92 Å².